The van der Waals surface area contributed by atoms with Gasteiger partial charge in [0.05, 0.1) is 0 Å². The molecule has 1 amide bonds. The molecule has 0 saturated carbocycles. The van der Waals surface area contributed by atoms with Gasteiger partial charge in [-0.3, -0.25) is 4.79 Å². The number of hydrogen-bond donors (Lipinski definition) is 2. The van der Waals surface area contributed by atoms with Gasteiger partial charge in [-0.25, -0.2) is 0 Å². The summed E-state index contributed by atoms with van der Waals surface area (Å²) in [6.45, 7) is 0. The van der Waals surface area contributed by atoms with Gasteiger partial charge in [0.2, 0.25) is 5.91 Å². The third-order valence-corrected chi connectivity index (χ3v) is 2.07. The molecule has 0 radical (unpaired) electrons. The monoisotopic (exact) mass is 198 g/mol. The molecule has 13 heavy (non-hydrogen) atoms. The van der Waals surface area contributed by atoms with Gasteiger partial charge in [-0.2, -0.15) is 0 Å². The van der Waals surface area contributed by atoms with Crippen LogP contribution < -0.4 is 11.5 Å². The Balaban J connectivity index is 2.82. The summed E-state index contributed by atoms with van der Waals surface area (Å²) in [6.07, 6.45) is 0.115. The lowest BCUT2D eigenvalue weighted by atomic mass is 10.0. The Kier molecular flexibility index (Phi) is 3.28. The summed E-state index contributed by atoms with van der Waals surface area (Å²) in [7, 11) is 0. The van der Waals surface area contributed by atoms with E-state index in [-0.39, 0.29) is 6.42 Å². The molecule has 1 aromatic carbocycles. The zero-order valence-corrected chi connectivity index (χ0v) is 7.79. The van der Waals surface area contributed by atoms with Gasteiger partial charge in [-0.15, -0.1) is 0 Å². The number of halogens is 1. The van der Waals surface area contributed by atoms with Gasteiger partial charge in [-0.05, 0) is 11.6 Å². The summed E-state index contributed by atoms with van der Waals surface area (Å²) in [5.74, 6) is -0.424. The van der Waals surface area contributed by atoms with Crippen LogP contribution in [0.15, 0.2) is 24.3 Å². The molecular weight excluding hydrogens is 188 g/mol. The highest BCUT2D eigenvalue weighted by Crippen LogP contribution is 2.22. The number of primary amides is 1. The number of nitrogens with two attached hydrogens (primary N) is 2. The molecule has 0 aromatic heterocycles. The summed E-state index contributed by atoms with van der Waals surface area (Å²) in [5, 5.41) is 0.566. The van der Waals surface area contributed by atoms with Crippen LogP contribution in [0, 0.1) is 0 Å². The van der Waals surface area contributed by atoms with Crippen molar-refractivity contribution in [2.24, 2.45) is 11.5 Å². The van der Waals surface area contributed by atoms with Gasteiger partial charge in [0.15, 0.2) is 0 Å². The Morgan fingerprint density at radius 3 is 2.62 bits per heavy atom. The second-order valence-electron chi connectivity index (χ2n) is 2.80. The van der Waals surface area contributed by atoms with Crippen molar-refractivity contribution in [2.75, 3.05) is 0 Å². The molecule has 4 heteroatoms. The largest absolute Gasteiger partial charge is 0.370 e. The summed E-state index contributed by atoms with van der Waals surface area (Å²) < 4.78 is 0. The minimum atomic E-state index is -0.424. The van der Waals surface area contributed by atoms with E-state index in [1.165, 1.54) is 0 Å². The van der Waals surface area contributed by atoms with Crippen LogP contribution in [0.2, 0.25) is 5.02 Å². The van der Waals surface area contributed by atoms with Crippen LogP contribution in [0.1, 0.15) is 18.0 Å². The molecule has 1 rings (SSSR count). The molecule has 1 aromatic rings. The highest BCUT2D eigenvalue weighted by atomic mass is 35.5. The lowest BCUT2D eigenvalue weighted by Crippen LogP contribution is -2.20. The summed E-state index contributed by atoms with van der Waals surface area (Å²) >= 11 is 5.87. The van der Waals surface area contributed by atoms with Crippen molar-refractivity contribution in [3.63, 3.8) is 0 Å². The molecule has 0 heterocycles. The quantitative estimate of drug-likeness (QED) is 0.767. The van der Waals surface area contributed by atoms with Gasteiger partial charge in [-0.1, -0.05) is 29.8 Å². The van der Waals surface area contributed by atoms with Crippen molar-refractivity contribution in [3.05, 3.63) is 34.9 Å². The molecule has 3 nitrogen and oxygen atoms in total. The molecule has 0 fully saturated rings. The number of carbonyl (C=O) groups is 1. The van der Waals surface area contributed by atoms with Crippen LogP contribution >= 0.6 is 11.6 Å². The van der Waals surface area contributed by atoms with Crippen LogP contribution in [0.3, 0.4) is 0 Å². The minimum absolute atomic E-state index is 0.115. The third kappa shape index (κ3) is 2.72. The van der Waals surface area contributed by atoms with E-state index in [0.29, 0.717) is 5.02 Å². The lowest BCUT2D eigenvalue weighted by Gasteiger charge is -2.10. The standard InChI is InChI=1S/C9H11ClN2O/c10-7-4-2-1-3-6(7)8(11)5-9(12)13/h1-4,8H,5,11H2,(H2,12,13). The van der Waals surface area contributed by atoms with E-state index in [4.69, 9.17) is 23.1 Å². The fourth-order valence-corrected chi connectivity index (χ4v) is 1.38. The molecular formula is C9H11ClN2O. The van der Waals surface area contributed by atoms with Crippen LogP contribution in [-0.2, 0) is 4.79 Å². The number of benzene rings is 1. The van der Waals surface area contributed by atoms with E-state index < -0.39 is 11.9 Å². The minimum Gasteiger partial charge on any atom is -0.370 e. The average molecular weight is 199 g/mol. The Bertz CT molecular complexity index is 314. The molecule has 0 saturated heterocycles. The van der Waals surface area contributed by atoms with Crippen LogP contribution in [0.4, 0.5) is 0 Å². The predicted octanol–water partition coefficient (Wildman–Crippen LogP) is 1.22. The molecule has 0 spiro atoms. The predicted molar refractivity (Wildman–Crippen MR) is 52.2 cm³/mol. The fraction of sp³-hybridized carbons (Fsp3) is 0.222. The highest BCUT2D eigenvalue weighted by Gasteiger charge is 2.11. The molecule has 70 valence electrons. The Labute approximate surface area is 81.7 Å². The number of carbonyl (C=O) groups excluding carboxylic acids is 1. The lowest BCUT2D eigenvalue weighted by molar-refractivity contribution is -0.118. The van der Waals surface area contributed by atoms with Crippen molar-refractivity contribution in [1.82, 2.24) is 0 Å². The first kappa shape index (κ1) is 10.0. The summed E-state index contributed by atoms with van der Waals surface area (Å²) in [5.41, 5.74) is 11.5. The molecule has 1 atom stereocenters. The van der Waals surface area contributed by atoms with Crippen molar-refractivity contribution >= 4 is 17.5 Å². The van der Waals surface area contributed by atoms with Gasteiger partial charge in [0, 0.05) is 17.5 Å². The maximum Gasteiger partial charge on any atom is 0.219 e. The van der Waals surface area contributed by atoms with E-state index in [1.807, 2.05) is 12.1 Å². The fourth-order valence-electron chi connectivity index (χ4n) is 1.10. The van der Waals surface area contributed by atoms with Gasteiger partial charge < -0.3 is 11.5 Å². The SMILES string of the molecule is NC(=O)CC(N)c1ccccc1Cl. The van der Waals surface area contributed by atoms with Gasteiger partial charge >= 0.3 is 0 Å². The molecule has 0 bridgehead atoms. The summed E-state index contributed by atoms with van der Waals surface area (Å²) in [6, 6.07) is 6.74. The third-order valence-electron chi connectivity index (χ3n) is 1.73. The van der Waals surface area contributed by atoms with Crippen molar-refractivity contribution in [1.29, 1.82) is 0 Å². The van der Waals surface area contributed by atoms with E-state index in [9.17, 15) is 4.79 Å². The molecule has 1 unspecified atom stereocenters. The Morgan fingerprint density at radius 1 is 1.46 bits per heavy atom. The zero-order chi connectivity index (χ0) is 9.84. The van der Waals surface area contributed by atoms with E-state index in [1.54, 1.807) is 12.1 Å². The van der Waals surface area contributed by atoms with Gasteiger partial charge in [0.25, 0.3) is 0 Å². The molecule has 0 aliphatic carbocycles. The van der Waals surface area contributed by atoms with Crippen LogP contribution in [0.25, 0.3) is 0 Å². The first-order valence-electron chi connectivity index (χ1n) is 3.89. The van der Waals surface area contributed by atoms with Crippen LogP contribution in [-0.4, -0.2) is 5.91 Å². The number of hydrogen-bond acceptors (Lipinski definition) is 2. The maximum absolute atomic E-state index is 10.6. The highest BCUT2D eigenvalue weighted by molar-refractivity contribution is 6.31. The molecule has 4 N–H and O–H groups in total. The zero-order valence-electron chi connectivity index (χ0n) is 7.03. The van der Waals surface area contributed by atoms with E-state index in [2.05, 4.69) is 0 Å². The maximum atomic E-state index is 10.6. The Hall–Kier alpha value is -1.06. The topological polar surface area (TPSA) is 69.1 Å². The van der Waals surface area contributed by atoms with Crippen LogP contribution in [0.5, 0.6) is 0 Å². The number of rotatable bonds is 3. The van der Waals surface area contributed by atoms with E-state index >= 15 is 0 Å². The Morgan fingerprint density at radius 2 is 2.08 bits per heavy atom. The van der Waals surface area contributed by atoms with Gasteiger partial charge in [0.1, 0.15) is 0 Å². The van der Waals surface area contributed by atoms with E-state index in [0.717, 1.165) is 5.56 Å². The second-order valence-corrected chi connectivity index (χ2v) is 3.21. The second kappa shape index (κ2) is 4.25. The first-order valence-corrected chi connectivity index (χ1v) is 4.27. The average Bonchev–Trinajstić information content (AvgIpc) is 2.03. The molecule has 0 aliphatic heterocycles. The molecule has 0 aliphatic rings. The normalized spacial score (nSPS) is 12.5. The van der Waals surface area contributed by atoms with Crippen molar-refractivity contribution in [2.45, 2.75) is 12.5 Å². The first-order chi connectivity index (χ1) is 6.11. The van der Waals surface area contributed by atoms with Crippen molar-refractivity contribution < 1.29 is 4.79 Å². The smallest absolute Gasteiger partial charge is 0.219 e. The number of amides is 1. The summed E-state index contributed by atoms with van der Waals surface area (Å²) in [4.78, 5) is 10.6. The van der Waals surface area contributed by atoms with Crippen molar-refractivity contribution in [3.8, 4) is 0 Å².